The maximum atomic E-state index is 10.3. The van der Waals surface area contributed by atoms with E-state index in [9.17, 15) is 9.59 Å². The molecular weight excluding hydrogens is 332 g/mol. The van der Waals surface area contributed by atoms with Crippen LogP contribution in [0.15, 0.2) is 37.0 Å². The van der Waals surface area contributed by atoms with E-state index in [1.165, 1.54) is 44.9 Å². The molecular formula is C21H36O5. The highest BCUT2D eigenvalue weighted by atomic mass is 17.1. The van der Waals surface area contributed by atoms with E-state index in [0.717, 1.165) is 31.8 Å². The van der Waals surface area contributed by atoms with Gasteiger partial charge in [0.15, 0.2) is 0 Å². The van der Waals surface area contributed by atoms with Crippen molar-refractivity contribution in [2.24, 2.45) is 0 Å². The lowest BCUT2D eigenvalue weighted by Crippen LogP contribution is -1.93. The normalized spacial score (nSPS) is 10.5. The van der Waals surface area contributed by atoms with Crippen LogP contribution in [0, 0.1) is 0 Å². The van der Waals surface area contributed by atoms with Crippen molar-refractivity contribution in [2.45, 2.75) is 84.0 Å². The Kier molecular flexibility index (Phi) is 23.4. The molecule has 5 heteroatoms. The first kappa shape index (κ1) is 26.4. The van der Waals surface area contributed by atoms with E-state index in [1.54, 1.807) is 0 Å². The number of hydrogen-bond acceptors (Lipinski definition) is 4. The molecule has 0 saturated heterocycles. The van der Waals surface area contributed by atoms with Crippen LogP contribution in [0.2, 0.25) is 0 Å². The molecule has 0 amide bonds. The zero-order valence-corrected chi connectivity index (χ0v) is 16.2. The Balaban J connectivity index is 0. The summed E-state index contributed by atoms with van der Waals surface area (Å²) in [4.78, 5) is 23.1. The number of allylic oxidation sites excluding steroid dienone is 4. The van der Waals surface area contributed by atoms with Gasteiger partial charge < -0.3 is 5.11 Å². The topological polar surface area (TPSA) is 83.8 Å². The molecule has 0 aromatic carbocycles. The average molecular weight is 369 g/mol. The highest BCUT2D eigenvalue weighted by Crippen LogP contribution is 2.08. The Bertz CT molecular complexity index is 399. The van der Waals surface area contributed by atoms with E-state index >= 15 is 0 Å². The molecule has 0 unspecified atom stereocenters. The number of carbonyl (C=O) groups is 2. The van der Waals surface area contributed by atoms with Crippen LogP contribution in [0.5, 0.6) is 0 Å². The van der Waals surface area contributed by atoms with Crippen LogP contribution in [-0.4, -0.2) is 22.3 Å². The summed E-state index contributed by atoms with van der Waals surface area (Å²) in [6.07, 6.45) is 23.1. The number of unbranched alkanes of at least 4 members (excludes halogenated alkanes) is 8. The van der Waals surface area contributed by atoms with Crippen LogP contribution in [0.4, 0.5) is 0 Å². The zero-order chi connectivity index (χ0) is 19.9. The Morgan fingerprint density at radius 2 is 1.42 bits per heavy atom. The van der Waals surface area contributed by atoms with Gasteiger partial charge in [0.2, 0.25) is 0 Å². The van der Waals surface area contributed by atoms with Crippen LogP contribution in [0.3, 0.4) is 0 Å². The number of hydrogen-bond donors (Lipinski definition) is 2. The summed E-state index contributed by atoms with van der Waals surface area (Å²) in [6, 6.07) is 0. The van der Waals surface area contributed by atoms with Gasteiger partial charge in [-0.15, -0.1) is 0 Å². The number of carboxylic acid groups (broad SMARTS) is 1. The van der Waals surface area contributed by atoms with Crippen molar-refractivity contribution in [1.29, 1.82) is 0 Å². The third-order valence-electron chi connectivity index (χ3n) is 3.60. The van der Waals surface area contributed by atoms with Crippen molar-refractivity contribution in [1.82, 2.24) is 0 Å². The molecule has 0 heterocycles. The SMILES string of the molecule is C=CC(=O)OO.CCCCC/C=C\C/C=C\CCCCCCCC(=O)O. The lowest BCUT2D eigenvalue weighted by Gasteiger charge is -1.98. The molecule has 0 atom stereocenters. The summed E-state index contributed by atoms with van der Waals surface area (Å²) in [6.45, 7) is 5.23. The van der Waals surface area contributed by atoms with Gasteiger partial charge >= 0.3 is 11.9 Å². The third-order valence-corrected chi connectivity index (χ3v) is 3.60. The molecule has 0 aromatic rings. The quantitative estimate of drug-likeness (QED) is 0.120. The molecule has 0 saturated carbocycles. The number of rotatable bonds is 15. The summed E-state index contributed by atoms with van der Waals surface area (Å²) in [5.74, 6) is -1.51. The van der Waals surface area contributed by atoms with Crippen molar-refractivity contribution in [3.63, 3.8) is 0 Å². The van der Waals surface area contributed by atoms with E-state index in [2.05, 4.69) is 42.7 Å². The Hall–Kier alpha value is -1.88. The molecule has 0 aliphatic rings. The molecule has 0 rings (SSSR count). The van der Waals surface area contributed by atoms with Crippen LogP contribution >= 0.6 is 0 Å². The summed E-state index contributed by atoms with van der Waals surface area (Å²) in [7, 11) is 0. The third kappa shape index (κ3) is 27.0. The second kappa shape index (κ2) is 23.1. The summed E-state index contributed by atoms with van der Waals surface area (Å²) in [5.41, 5.74) is 0. The minimum absolute atomic E-state index is 0.324. The van der Waals surface area contributed by atoms with Gasteiger partial charge in [-0.1, -0.05) is 69.9 Å². The maximum absolute atomic E-state index is 10.3. The predicted molar refractivity (Wildman–Crippen MR) is 106 cm³/mol. The summed E-state index contributed by atoms with van der Waals surface area (Å²) >= 11 is 0. The average Bonchev–Trinajstić information content (AvgIpc) is 2.64. The highest BCUT2D eigenvalue weighted by molar-refractivity contribution is 5.80. The minimum Gasteiger partial charge on any atom is -0.481 e. The molecule has 2 N–H and O–H groups in total. The molecule has 150 valence electrons. The van der Waals surface area contributed by atoms with Crippen molar-refractivity contribution < 1.29 is 24.8 Å². The van der Waals surface area contributed by atoms with E-state index in [1.807, 2.05) is 0 Å². The lowest BCUT2D eigenvalue weighted by molar-refractivity contribution is -0.228. The predicted octanol–water partition coefficient (Wildman–Crippen LogP) is 6.07. The lowest BCUT2D eigenvalue weighted by atomic mass is 10.1. The molecule has 0 fully saturated rings. The van der Waals surface area contributed by atoms with E-state index in [-0.39, 0.29) is 0 Å². The first-order valence-electron chi connectivity index (χ1n) is 9.58. The fourth-order valence-corrected chi connectivity index (χ4v) is 2.12. The van der Waals surface area contributed by atoms with Crippen LogP contribution < -0.4 is 0 Å². The van der Waals surface area contributed by atoms with Crippen LogP contribution in [0.1, 0.15) is 84.0 Å². The van der Waals surface area contributed by atoms with E-state index in [0.29, 0.717) is 6.42 Å². The van der Waals surface area contributed by atoms with Gasteiger partial charge in [0.05, 0.1) is 0 Å². The fraction of sp³-hybridized carbons (Fsp3) is 0.619. The Labute approximate surface area is 158 Å². The highest BCUT2D eigenvalue weighted by Gasteiger charge is 1.95. The van der Waals surface area contributed by atoms with Gasteiger partial charge in [-0.2, -0.15) is 5.26 Å². The molecule has 5 nitrogen and oxygen atoms in total. The Morgan fingerprint density at radius 1 is 0.885 bits per heavy atom. The van der Waals surface area contributed by atoms with Crippen LogP contribution in [0.25, 0.3) is 0 Å². The zero-order valence-electron chi connectivity index (χ0n) is 16.2. The van der Waals surface area contributed by atoms with Gasteiger partial charge in [0.25, 0.3) is 0 Å². The van der Waals surface area contributed by atoms with E-state index < -0.39 is 11.9 Å². The molecule has 0 spiro atoms. The summed E-state index contributed by atoms with van der Waals surface area (Å²) < 4.78 is 0. The van der Waals surface area contributed by atoms with Crippen molar-refractivity contribution in [3.8, 4) is 0 Å². The largest absolute Gasteiger partial charge is 0.481 e. The van der Waals surface area contributed by atoms with Gasteiger partial charge in [0.1, 0.15) is 0 Å². The first-order valence-corrected chi connectivity index (χ1v) is 9.58. The number of aliphatic carboxylic acids is 1. The molecule has 0 aliphatic heterocycles. The second-order valence-corrected chi connectivity index (χ2v) is 5.99. The molecule has 0 bridgehead atoms. The summed E-state index contributed by atoms with van der Waals surface area (Å²) in [5, 5.41) is 15.9. The second-order valence-electron chi connectivity index (χ2n) is 5.99. The fourth-order valence-electron chi connectivity index (χ4n) is 2.12. The monoisotopic (exact) mass is 368 g/mol. The molecule has 0 aromatic heterocycles. The first-order chi connectivity index (χ1) is 12.6. The number of carbonyl (C=O) groups excluding carboxylic acids is 1. The van der Waals surface area contributed by atoms with Gasteiger partial charge in [-0.3, -0.25) is 9.68 Å². The molecule has 0 aliphatic carbocycles. The van der Waals surface area contributed by atoms with Gasteiger partial charge in [-0.05, 0) is 38.5 Å². The van der Waals surface area contributed by atoms with Gasteiger partial charge in [0, 0.05) is 12.5 Å². The van der Waals surface area contributed by atoms with Crippen molar-refractivity contribution >= 4 is 11.9 Å². The maximum Gasteiger partial charge on any atom is 0.365 e. The Morgan fingerprint density at radius 3 is 1.88 bits per heavy atom. The molecule has 26 heavy (non-hydrogen) atoms. The van der Waals surface area contributed by atoms with Crippen molar-refractivity contribution in [3.05, 3.63) is 37.0 Å². The van der Waals surface area contributed by atoms with Crippen LogP contribution in [-0.2, 0) is 14.5 Å². The number of carboxylic acids is 1. The minimum atomic E-state index is -0.838. The van der Waals surface area contributed by atoms with Gasteiger partial charge in [-0.25, -0.2) is 4.79 Å². The van der Waals surface area contributed by atoms with Crippen molar-refractivity contribution in [2.75, 3.05) is 0 Å². The molecule has 0 radical (unpaired) electrons. The standard InChI is InChI=1S/C18H32O2.C3H4O3/c1-2-3-4-5-6-7-8-9-10-11-12-13-14-15-16-17-18(19)20;1-2-3(4)6-5/h6-7,9-10H,2-5,8,11-17H2,1H3,(H,19,20);2,5H,1H2/b7-6-,10-9-;. The van der Waals surface area contributed by atoms with E-state index in [4.69, 9.17) is 10.4 Å². The smallest absolute Gasteiger partial charge is 0.365 e.